The van der Waals surface area contributed by atoms with Gasteiger partial charge in [-0.05, 0) is 66.6 Å². The predicted molar refractivity (Wildman–Crippen MR) is 127 cm³/mol. The maximum Gasteiger partial charge on any atom is 0.335 e. The zero-order valence-corrected chi connectivity index (χ0v) is 20.0. The van der Waals surface area contributed by atoms with E-state index in [1.807, 2.05) is 6.92 Å². The van der Waals surface area contributed by atoms with E-state index >= 15 is 0 Å². The minimum Gasteiger partial charge on any atom is -0.496 e. The summed E-state index contributed by atoms with van der Waals surface area (Å²) in [5.41, 5.74) is 1.59. The number of carbonyl (C=O) groups excluding carboxylic acids is 3. The van der Waals surface area contributed by atoms with Crippen LogP contribution >= 0.6 is 11.6 Å². The van der Waals surface area contributed by atoms with Gasteiger partial charge in [-0.1, -0.05) is 30.7 Å². The highest BCUT2D eigenvalue weighted by molar-refractivity contribution is 6.30. The highest BCUT2D eigenvalue weighted by atomic mass is 35.5. The van der Waals surface area contributed by atoms with E-state index in [2.05, 4.69) is 0 Å². The Morgan fingerprint density at radius 3 is 2.65 bits per heavy atom. The van der Waals surface area contributed by atoms with Crippen molar-refractivity contribution >= 4 is 35.2 Å². The number of ketones is 1. The van der Waals surface area contributed by atoms with Crippen LogP contribution in [0.5, 0.6) is 5.75 Å². The Bertz CT molecular complexity index is 1100. The summed E-state index contributed by atoms with van der Waals surface area (Å²) in [6, 6.07) is 11.6. The van der Waals surface area contributed by atoms with Crippen LogP contribution in [0.1, 0.15) is 60.0 Å². The van der Waals surface area contributed by atoms with E-state index in [9.17, 15) is 24.3 Å². The first kappa shape index (κ1) is 25.4. The first-order chi connectivity index (χ1) is 16.2. The number of nitrogens with zero attached hydrogens (tertiary/aromatic N) is 1. The van der Waals surface area contributed by atoms with Gasteiger partial charge in [0.25, 0.3) is 0 Å². The fraction of sp³-hybridized carbons (Fsp3) is 0.385. The average molecular weight is 486 g/mol. The van der Waals surface area contributed by atoms with E-state index < -0.39 is 17.8 Å². The first-order valence-electron chi connectivity index (χ1n) is 11.2. The van der Waals surface area contributed by atoms with Crippen molar-refractivity contribution in [2.24, 2.45) is 5.92 Å². The summed E-state index contributed by atoms with van der Waals surface area (Å²) in [5, 5.41) is 9.78. The number of imide groups is 1. The molecule has 0 aromatic heterocycles. The van der Waals surface area contributed by atoms with Gasteiger partial charge in [-0.15, -0.1) is 0 Å². The van der Waals surface area contributed by atoms with Crippen molar-refractivity contribution in [2.45, 2.75) is 44.9 Å². The van der Waals surface area contributed by atoms with Crippen molar-refractivity contribution in [1.82, 2.24) is 4.90 Å². The highest BCUT2D eigenvalue weighted by Crippen LogP contribution is 2.30. The number of ether oxygens (including phenoxy) is 1. The molecule has 8 heteroatoms. The topological polar surface area (TPSA) is 101 Å². The molecule has 1 N–H and O–H groups in total. The van der Waals surface area contributed by atoms with Crippen LogP contribution in [0, 0.1) is 5.92 Å². The number of amides is 2. The second kappa shape index (κ2) is 11.3. The Balaban J connectivity index is 1.81. The van der Waals surface area contributed by atoms with E-state index in [4.69, 9.17) is 16.3 Å². The van der Waals surface area contributed by atoms with Gasteiger partial charge in [-0.2, -0.15) is 0 Å². The number of likely N-dealkylation sites (tertiary alicyclic amines) is 1. The lowest BCUT2D eigenvalue weighted by atomic mass is 9.91. The second-order valence-electron chi connectivity index (χ2n) is 8.49. The lowest BCUT2D eigenvalue weighted by Gasteiger charge is -2.25. The summed E-state index contributed by atoms with van der Waals surface area (Å²) in [5.74, 6) is -2.26. The smallest absolute Gasteiger partial charge is 0.335 e. The van der Waals surface area contributed by atoms with Crippen molar-refractivity contribution in [3.05, 3.63) is 64.2 Å². The van der Waals surface area contributed by atoms with Gasteiger partial charge in [0.1, 0.15) is 5.75 Å². The number of hydrogen-bond acceptors (Lipinski definition) is 5. The Hall–Kier alpha value is -3.19. The number of carboxylic acids is 1. The summed E-state index contributed by atoms with van der Waals surface area (Å²) in [6.45, 7) is 1.65. The number of carboxylic acid groups (broad SMARTS) is 1. The highest BCUT2D eigenvalue weighted by Gasteiger charge is 2.35. The Morgan fingerprint density at radius 2 is 1.97 bits per heavy atom. The van der Waals surface area contributed by atoms with Crippen LogP contribution in [-0.2, 0) is 20.8 Å². The largest absolute Gasteiger partial charge is 0.496 e. The lowest BCUT2D eigenvalue weighted by Crippen LogP contribution is -2.42. The minimum absolute atomic E-state index is 0.00575. The quantitative estimate of drug-likeness (QED) is 0.590. The predicted octanol–water partition coefficient (Wildman–Crippen LogP) is 4.51. The molecule has 1 fully saturated rings. The molecule has 0 aliphatic carbocycles. The Morgan fingerprint density at radius 1 is 1.21 bits per heavy atom. The third-order valence-corrected chi connectivity index (χ3v) is 6.49. The van der Waals surface area contributed by atoms with E-state index in [0.717, 1.165) is 10.5 Å². The van der Waals surface area contributed by atoms with Gasteiger partial charge in [-0.25, -0.2) is 4.79 Å². The standard InChI is InChI=1S/C26H28ClNO6/c1-3-16(17-5-4-6-19(11-17)26(32)33)14-24(30)28-15-22(29)9-7-18(25(28)31)12-20-13-21(27)8-10-23(20)34-2/h4-6,8,10-11,13,16,18H,3,7,9,12,14-15H2,1-2H3,(H,32,33)/t16-,18-/m0/s1. The Kier molecular flexibility index (Phi) is 8.45. The van der Waals surface area contributed by atoms with Gasteiger partial charge in [0.05, 0.1) is 19.2 Å². The van der Waals surface area contributed by atoms with Crippen LogP contribution in [0.4, 0.5) is 0 Å². The number of aromatic carboxylic acids is 1. The number of rotatable bonds is 8. The molecule has 7 nitrogen and oxygen atoms in total. The number of methoxy groups -OCH3 is 1. The van der Waals surface area contributed by atoms with Gasteiger partial charge in [0.2, 0.25) is 11.8 Å². The molecule has 0 saturated carbocycles. The van der Waals surface area contributed by atoms with Crippen molar-refractivity contribution in [3.8, 4) is 5.75 Å². The minimum atomic E-state index is -1.05. The van der Waals surface area contributed by atoms with E-state index in [1.54, 1.807) is 36.4 Å². The molecular formula is C26H28ClNO6. The molecule has 34 heavy (non-hydrogen) atoms. The number of halogens is 1. The fourth-order valence-electron chi connectivity index (χ4n) is 4.33. The van der Waals surface area contributed by atoms with Crippen molar-refractivity contribution in [1.29, 1.82) is 0 Å². The monoisotopic (exact) mass is 485 g/mol. The molecule has 1 heterocycles. The van der Waals surface area contributed by atoms with Crippen molar-refractivity contribution in [3.63, 3.8) is 0 Å². The van der Waals surface area contributed by atoms with Crippen LogP contribution in [0.3, 0.4) is 0 Å². The average Bonchev–Trinajstić information content (AvgIpc) is 2.96. The second-order valence-corrected chi connectivity index (χ2v) is 8.93. The fourth-order valence-corrected chi connectivity index (χ4v) is 4.52. The van der Waals surface area contributed by atoms with Crippen molar-refractivity contribution < 1.29 is 29.0 Å². The van der Waals surface area contributed by atoms with Gasteiger partial charge < -0.3 is 9.84 Å². The molecule has 0 radical (unpaired) electrons. The molecule has 0 spiro atoms. The van der Waals surface area contributed by atoms with Gasteiger partial charge >= 0.3 is 5.97 Å². The maximum atomic E-state index is 13.4. The molecule has 2 aromatic rings. The summed E-state index contributed by atoms with van der Waals surface area (Å²) in [6.07, 6.45) is 1.44. The number of Topliss-reactive ketones (excluding diaryl/α,β-unsaturated/α-hetero) is 1. The van der Waals surface area contributed by atoms with Crippen LogP contribution in [-0.4, -0.2) is 47.2 Å². The molecule has 2 atom stereocenters. The van der Waals surface area contributed by atoms with Crippen LogP contribution in [0.15, 0.2) is 42.5 Å². The summed E-state index contributed by atoms with van der Waals surface area (Å²) >= 11 is 6.13. The molecule has 2 aromatic carbocycles. The van der Waals surface area contributed by atoms with Crippen molar-refractivity contribution in [2.75, 3.05) is 13.7 Å². The zero-order valence-electron chi connectivity index (χ0n) is 19.3. The molecule has 0 bridgehead atoms. The summed E-state index contributed by atoms with van der Waals surface area (Å²) in [4.78, 5) is 51.4. The number of carbonyl (C=O) groups is 4. The summed E-state index contributed by atoms with van der Waals surface area (Å²) in [7, 11) is 1.53. The first-order valence-corrected chi connectivity index (χ1v) is 11.6. The molecule has 1 aliphatic heterocycles. The summed E-state index contributed by atoms with van der Waals surface area (Å²) < 4.78 is 5.39. The normalized spacial score (nSPS) is 17.3. The zero-order chi connectivity index (χ0) is 24.8. The number of hydrogen-bond donors (Lipinski definition) is 1. The molecular weight excluding hydrogens is 458 g/mol. The van der Waals surface area contributed by atoms with E-state index in [0.29, 0.717) is 35.6 Å². The van der Waals surface area contributed by atoms with Crippen LogP contribution < -0.4 is 4.74 Å². The van der Waals surface area contributed by atoms with Gasteiger partial charge in [-0.3, -0.25) is 19.3 Å². The molecule has 180 valence electrons. The van der Waals surface area contributed by atoms with Crippen LogP contribution in [0.25, 0.3) is 0 Å². The lowest BCUT2D eigenvalue weighted by molar-refractivity contribution is -0.148. The molecule has 0 unspecified atom stereocenters. The Labute approximate surface area is 203 Å². The molecule has 1 saturated heterocycles. The SMILES string of the molecule is CC[C@@H](CC(=O)N1CC(=O)CC[C@@H](Cc2cc(Cl)ccc2OC)C1=O)c1cccc(C(=O)O)c1. The third kappa shape index (κ3) is 6.03. The number of benzene rings is 2. The van der Waals surface area contributed by atoms with Gasteiger partial charge in [0.15, 0.2) is 5.78 Å². The van der Waals surface area contributed by atoms with E-state index in [-0.39, 0.29) is 42.6 Å². The molecule has 2 amide bonds. The van der Waals surface area contributed by atoms with E-state index in [1.165, 1.54) is 13.2 Å². The maximum absolute atomic E-state index is 13.4. The van der Waals surface area contributed by atoms with Crippen LogP contribution in [0.2, 0.25) is 5.02 Å². The van der Waals surface area contributed by atoms with Gasteiger partial charge in [0, 0.05) is 23.8 Å². The third-order valence-electron chi connectivity index (χ3n) is 6.25. The molecule has 1 aliphatic rings. The molecule has 3 rings (SSSR count).